The minimum atomic E-state index is -1.25. The predicted molar refractivity (Wildman–Crippen MR) is 92.6 cm³/mol. The molecule has 1 fully saturated rings. The molecule has 0 bridgehead atoms. The maximum atomic E-state index is 10.2. The van der Waals surface area contributed by atoms with Crippen LogP contribution in [-0.2, 0) is 11.3 Å². The summed E-state index contributed by atoms with van der Waals surface area (Å²) in [6.45, 7) is -0.266. The van der Waals surface area contributed by atoms with Crippen molar-refractivity contribution >= 4 is 17.0 Å². The summed E-state index contributed by atoms with van der Waals surface area (Å²) in [5.74, 6) is 0.860. The average Bonchev–Trinajstić information content (AvgIpc) is 3.37. The highest BCUT2D eigenvalue weighted by atomic mass is 16.6. The molecule has 12 nitrogen and oxygen atoms in total. The molecule has 0 unspecified atom stereocenters. The normalized spacial score (nSPS) is 24.7. The number of anilines is 1. The first kappa shape index (κ1) is 18.4. The summed E-state index contributed by atoms with van der Waals surface area (Å²) in [7, 11) is 1.42. The summed E-state index contributed by atoms with van der Waals surface area (Å²) in [6, 6.07) is 0. The van der Waals surface area contributed by atoms with E-state index in [1.54, 1.807) is 0 Å². The van der Waals surface area contributed by atoms with E-state index in [0.29, 0.717) is 22.7 Å². The molecule has 28 heavy (non-hydrogen) atoms. The van der Waals surface area contributed by atoms with Crippen LogP contribution in [-0.4, -0.2) is 72.0 Å². The molecule has 0 aliphatic carbocycles. The van der Waals surface area contributed by atoms with Gasteiger partial charge in [0.25, 0.3) is 0 Å². The van der Waals surface area contributed by atoms with Gasteiger partial charge in [-0.05, 0) is 0 Å². The Bertz CT molecular complexity index is 974. The van der Waals surface area contributed by atoms with Gasteiger partial charge in [0, 0.05) is 0 Å². The molecular formula is C16H19N5O7. The van der Waals surface area contributed by atoms with E-state index in [0.717, 1.165) is 0 Å². The number of nitrogens with zero attached hydrogens (tertiary/aromatic N) is 4. The molecule has 0 saturated carbocycles. The quantitative estimate of drug-likeness (QED) is 0.361. The molecule has 3 aromatic rings. The molecule has 0 spiro atoms. The molecule has 4 atom stereocenters. The smallest absolute Gasteiger partial charge is 0.204 e. The van der Waals surface area contributed by atoms with Crippen molar-refractivity contribution in [1.29, 1.82) is 0 Å². The number of hydrogen-bond donors (Lipinski definition) is 5. The van der Waals surface area contributed by atoms with Crippen molar-refractivity contribution in [3.05, 3.63) is 24.7 Å². The molecule has 4 rings (SSSR count). The molecule has 150 valence electrons. The first-order chi connectivity index (χ1) is 13.5. The lowest BCUT2D eigenvalue weighted by Crippen LogP contribution is -2.33. The molecule has 4 heterocycles. The number of hydrogen-bond acceptors (Lipinski definition) is 11. The second kappa shape index (κ2) is 7.24. The lowest BCUT2D eigenvalue weighted by Gasteiger charge is -2.16. The molecule has 0 aromatic carbocycles. The number of fused-ring (bicyclic) bond motifs is 1. The monoisotopic (exact) mass is 393 g/mol. The minimum Gasteiger partial charge on any atom is -0.502 e. The first-order valence-electron chi connectivity index (χ1n) is 8.42. The number of aliphatic hydroxyl groups excluding tert-OH is 3. The maximum absolute atomic E-state index is 10.2. The minimum absolute atomic E-state index is 0.110. The van der Waals surface area contributed by atoms with Crippen LogP contribution in [0.1, 0.15) is 12.0 Å². The maximum Gasteiger partial charge on any atom is 0.204 e. The average molecular weight is 393 g/mol. The zero-order valence-corrected chi connectivity index (χ0v) is 14.8. The largest absolute Gasteiger partial charge is 0.502 e. The zero-order valence-electron chi connectivity index (χ0n) is 14.8. The van der Waals surface area contributed by atoms with Crippen LogP contribution in [0.25, 0.3) is 11.2 Å². The third-order valence-corrected chi connectivity index (χ3v) is 4.57. The Morgan fingerprint density at radius 3 is 2.79 bits per heavy atom. The zero-order chi connectivity index (χ0) is 19.8. The number of aliphatic hydroxyl groups is 3. The van der Waals surface area contributed by atoms with E-state index in [2.05, 4.69) is 20.3 Å². The van der Waals surface area contributed by atoms with E-state index in [1.807, 2.05) is 0 Å². The third-order valence-electron chi connectivity index (χ3n) is 4.57. The molecule has 1 aliphatic heterocycles. The van der Waals surface area contributed by atoms with E-state index in [9.17, 15) is 20.4 Å². The van der Waals surface area contributed by atoms with Crippen LogP contribution < -0.4 is 10.1 Å². The third kappa shape index (κ3) is 2.92. The van der Waals surface area contributed by atoms with Gasteiger partial charge in [-0.2, -0.15) is 0 Å². The molecule has 3 aromatic heterocycles. The Kier molecular flexibility index (Phi) is 4.77. The topological polar surface area (TPSA) is 168 Å². The Morgan fingerprint density at radius 1 is 1.25 bits per heavy atom. The molecular weight excluding hydrogens is 374 g/mol. The highest BCUT2D eigenvalue weighted by molar-refractivity contribution is 5.82. The van der Waals surface area contributed by atoms with Crippen molar-refractivity contribution in [3.8, 4) is 11.5 Å². The summed E-state index contributed by atoms with van der Waals surface area (Å²) in [4.78, 5) is 12.6. The van der Waals surface area contributed by atoms with Gasteiger partial charge in [0.15, 0.2) is 34.7 Å². The number of furan rings is 1. The van der Waals surface area contributed by atoms with Crippen LogP contribution in [0.15, 0.2) is 23.3 Å². The van der Waals surface area contributed by atoms with Gasteiger partial charge in [-0.25, -0.2) is 15.0 Å². The summed E-state index contributed by atoms with van der Waals surface area (Å²) >= 11 is 0. The fourth-order valence-electron chi connectivity index (χ4n) is 3.16. The van der Waals surface area contributed by atoms with Crippen LogP contribution in [0.4, 0.5) is 5.82 Å². The molecule has 0 amide bonds. The fraction of sp³-hybridized carbons (Fsp3) is 0.438. The van der Waals surface area contributed by atoms with Crippen molar-refractivity contribution < 1.29 is 34.3 Å². The van der Waals surface area contributed by atoms with Crippen molar-refractivity contribution in [2.24, 2.45) is 0 Å². The number of aromatic hydroxyl groups is 1. The SMILES string of the molecule is COc1c(O)coc1CNc1ncnc2c1ncn2[C@@H]1O[C@H](CO)[C@@H](O)[C@@H]1O. The van der Waals surface area contributed by atoms with Gasteiger partial charge < -0.3 is 39.6 Å². The summed E-state index contributed by atoms with van der Waals surface area (Å²) in [6.07, 6.45) is -0.465. The summed E-state index contributed by atoms with van der Waals surface area (Å²) in [5.41, 5.74) is 0.761. The van der Waals surface area contributed by atoms with Gasteiger partial charge in [0.2, 0.25) is 5.75 Å². The predicted octanol–water partition coefficient (Wildman–Crippen LogP) is -0.643. The van der Waals surface area contributed by atoms with Crippen LogP contribution >= 0.6 is 0 Å². The van der Waals surface area contributed by atoms with Gasteiger partial charge in [-0.3, -0.25) is 4.57 Å². The molecule has 12 heteroatoms. The van der Waals surface area contributed by atoms with Gasteiger partial charge in [0.1, 0.15) is 30.9 Å². The fourth-order valence-corrected chi connectivity index (χ4v) is 3.16. The van der Waals surface area contributed by atoms with Crippen molar-refractivity contribution in [2.75, 3.05) is 19.0 Å². The van der Waals surface area contributed by atoms with E-state index in [4.69, 9.17) is 13.9 Å². The number of methoxy groups -OCH3 is 1. The molecule has 0 radical (unpaired) electrons. The molecule has 1 saturated heterocycles. The van der Waals surface area contributed by atoms with E-state index < -0.39 is 31.1 Å². The standard InChI is InChI=1S/C16H19N5O7/c1-26-13-7(23)4-27-8(13)2-17-14-10-15(19-5-18-14)21(6-20-10)16-12(25)11(24)9(3-22)28-16/h4-6,9,11-12,16,22-25H,2-3H2,1H3,(H,17,18,19)/t9-,11-,12+,16-/m1/s1. The second-order valence-electron chi connectivity index (χ2n) is 6.21. The second-order valence-corrected chi connectivity index (χ2v) is 6.21. The van der Waals surface area contributed by atoms with Crippen LogP contribution in [0.5, 0.6) is 11.5 Å². The van der Waals surface area contributed by atoms with Crippen molar-refractivity contribution in [2.45, 2.75) is 31.1 Å². The highest BCUT2D eigenvalue weighted by Crippen LogP contribution is 2.34. The van der Waals surface area contributed by atoms with Gasteiger partial charge in [-0.15, -0.1) is 0 Å². The number of aromatic nitrogens is 4. The van der Waals surface area contributed by atoms with E-state index in [1.165, 1.54) is 30.6 Å². The Morgan fingerprint density at radius 2 is 2.07 bits per heavy atom. The van der Waals surface area contributed by atoms with Crippen LogP contribution in [0.3, 0.4) is 0 Å². The lowest BCUT2D eigenvalue weighted by atomic mass is 10.1. The summed E-state index contributed by atoms with van der Waals surface area (Å²) in [5, 5.41) is 42.1. The Balaban J connectivity index is 1.60. The highest BCUT2D eigenvalue weighted by Gasteiger charge is 2.44. The Labute approximate surface area is 158 Å². The number of imidazole rings is 1. The van der Waals surface area contributed by atoms with Gasteiger partial charge in [0.05, 0.1) is 26.6 Å². The molecule has 1 aliphatic rings. The van der Waals surface area contributed by atoms with Crippen LogP contribution in [0.2, 0.25) is 0 Å². The van der Waals surface area contributed by atoms with Crippen molar-refractivity contribution in [1.82, 2.24) is 19.5 Å². The van der Waals surface area contributed by atoms with Gasteiger partial charge in [-0.1, -0.05) is 0 Å². The molecule has 5 N–H and O–H groups in total. The van der Waals surface area contributed by atoms with Gasteiger partial charge >= 0.3 is 0 Å². The lowest BCUT2D eigenvalue weighted by molar-refractivity contribution is -0.0511. The number of nitrogens with one attached hydrogen (secondary N) is 1. The first-order valence-corrected chi connectivity index (χ1v) is 8.42. The number of ether oxygens (including phenoxy) is 2. The van der Waals surface area contributed by atoms with E-state index in [-0.39, 0.29) is 18.0 Å². The summed E-state index contributed by atoms with van der Waals surface area (Å²) < 4.78 is 17.3. The van der Waals surface area contributed by atoms with Crippen LogP contribution in [0, 0.1) is 0 Å². The van der Waals surface area contributed by atoms with E-state index >= 15 is 0 Å². The Hall–Kier alpha value is -2.93. The number of rotatable bonds is 6. The van der Waals surface area contributed by atoms with Crippen molar-refractivity contribution in [3.63, 3.8) is 0 Å².